The smallest absolute Gasteiger partial charge is 0.0969 e. The van der Waals surface area contributed by atoms with E-state index in [-0.39, 0.29) is 5.54 Å². The molecule has 0 aliphatic rings. The summed E-state index contributed by atoms with van der Waals surface area (Å²) in [5.74, 6) is 0. The van der Waals surface area contributed by atoms with Crippen LogP contribution in [0.4, 0.5) is 0 Å². The maximum atomic E-state index is 4.19. The molecule has 0 bridgehead atoms. The van der Waals surface area contributed by atoms with Crippen LogP contribution < -0.4 is 5.32 Å². The molecular weight excluding hydrogens is 236 g/mol. The maximum Gasteiger partial charge on any atom is 0.0969 e. The number of nitrogens with one attached hydrogen (secondary N) is 1. The Hall–Kier alpha value is -1.68. The van der Waals surface area contributed by atoms with Crippen LogP contribution in [0, 0.1) is 0 Å². The molecule has 19 heavy (non-hydrogen) atoms. The lowest BCUT2D eigenvalue weighted by Crippen LogP contribution is -2.35. The van der Waals surface area contributed by atoms with Crippen LogP contribution in [-0.2, 0) is 13.0 Å². The molecule has 0 amide bonds. The molecule has 1 aromatic carbocycles. The van der Waals surface area contributed by atoms with Crippen LogP contribution in [0.25, 0.3) is 5.69 Å². The van der Waals surface area contributed by atoms with Gasteiger partial charge in [-0.25, -0.2) is 4.68 Å². The van der Waals surface area contributed by atoms with E-state index >= 15 is 0 Å². The summed E-state index contributed by atoms with van der Waals surface area (Å²) in [6, 6.07) is 8.41. The lowest BCUT2D eigenvalue weighted by Gasteiger charge is -2.19. The molecule has 102 valence electrons. The van der Waals surface area contributed by atoms with Crippen molar-refractivity contribution in [2.24, 2.45) is 0 Å². The Bertz CT molecular complexity index is 520. The minimum Gasteiger partial charge on any atom is -0.306 e. The molecule has 2 aromatic rings. The van der Waals surface area contributed by atoms with Crippen molar-refractivity contribution in [1.29, 1.82) is 0 Å². The van der Waals surface area contributed by atoms with Gasteiger partial charge in [-0.05, 0) is 44.9 Å². The van der Waals surface area contributed by atoms with Crippen LogP contribution in [-0.4, -0.2) is 20.5 Å². The molecule has 0 unspecified atom stereocenters. The first-order chi connectivity index (χ1) is 8.98. The van der Waals surface area contributed by atoms with Crippen molar-refractivity contribution in [1.82, 2.24) is 20.3 Å². The van der Waals surface area contributed by atoms with E-state index in [1.165, 1.54) is 5.56 Å². The molecule has 1 aromatic heterocycles. The van der Waals surface area contributed by atoms with E-state index in [0.717, 1.165) is 24.3 Å². The lowest BCUT2D eigenvalue weighted by molar-refractivity contribution is 0.421. The Morgan fingerprint density at radius 3 is 2.42 bits per heavy atom. The standard InChI is InChI=1S/C15H22N4/c1-5-12-6-8-14(9-7-12)19-11-13(17-18-19)10-16-15(2,3)4/h6-9,11,16H,5,10H2,1-4H3. The number of hydrogen-bond donors (Lipinski definition) is 1. The number of aryl methyl sites for hydroxylation is 1. The topological polar surface area (TPSA) is 42.7 Å². The molecule has 0 fully saturated rings. The molecule has 0 aliphatic carbocycles. The van der Waals surface area contributed by atoms with Gasteiger partial charge in [-0.1, -0.05) is 24.3 Å². The average Bonchev–Trinajstić information content (AvgIpc) is 2.84. The molecule has 0 radical (unpaired) electrons. The minimum absolute atomic E-state index is 0.0898. The van der Waals surface area contributed by atoms with Crippen molar-refractivity contribution >= 4 is 0 Å². The summed E-state index contributed by atoms with van der Waals surface area (Å²) in [6.07, 6.45) is 3.03. The fraction of sp³-hybridized carbons (Fsp3) is 0.467. The monoisotopic (exact) mass is 258 g/mol. The van der Waals surface area contributed by atoms with Gasteiger partial charge in [0.15, 0.2) is 0 Å². The third-order valence-electron chi connectivity index (χ3n) is 2.95. The highest BCUT2D eigenvalue weighted by Gasteiger charge is 2.10. The zero-order chi connectivity index (χ0) is 13.9. The third kappa shape index (κ3) is 3.89. The second kappa shape index (κ2) is 5.53. The predicted molar refractivity (Wildman–Crippen MR) is 77.3 cm³/mol. The van der Waals surface area contributed by atoms with Crippen LogP contribution in [0.5, 0.6) is 0 Å². The van der Waals surface area contributed by atoms with E-state index in [2.05, 4.69) is 67.6 Å². The summed E-state index contributed by atoms with van der Waals surface area (Å²) in [5, 5.41) is 11.8. The van der Waals surface area contributed by atoms with Crippen LogP contribution >= 0.6 is 0 Å². The van der Waals surface area contributed by atoms with Crippen LogP contribution in [0.3, 0.4) is 0 Å². The second-order valence-electron chi connectivity index (χ2n) is 5.78. The van der Waals surface area contributed by atoms with Gasteiger partial charge in [-0.2, -0.15) is 0 Å². The van der Waals surface area contributed by atoms with Gasteiger partial charge < -0.3 is 5.32 Å². The molecular formula is C15H22N4. The number of hydrogen-bond acceptors (Lipinski definition) is 3. The first kappa shape index (κ1) is 13.7. The minimum atomic E-state index is 0.0898. The fourth-order valence-corrected chi connectivity index (χ4v) is 1.75. The zero-order valence-corrected chi connectivity index (χ0v) is 12.1. The highest BCUT2D eigenvalue weighted by atomic mass is 15.4. The van der Waals surface area contributed by atoms with Crippen molar-refractivity contribution in [2.45, 2.75) is 46.2 Å². The summed E-state index contributed by atoms with van der Waals surface area (Å²) < 4.78 is 1.82. The van der Waals surface area contributed by atoms with Gasteiger partial charge in [0.05, 0.1) is 17.6 Å². The van der Waals surface area contributed by atoms with Crippen molar-refractivity contribution in [3.63, 3.8) is 0 Å². The Morgan fingerprint density at radius 2 is 1.84 bits per heavy atom. The molecule has 0 saturated carbocycles. The van der Waals surface area contributed by atoms with E-state index in [1.54, 1.807) is 0 Å². The van der Waals surface area contributed by atoms with Gasteiger partial charge in [0.1, 0.15) is 0 Å². The van der Waals surface area contributed by atoms with Gasteiger partial charge in [0, 0.05) is 12.1 Å². The third-order valence-corrected chi connectivity index (χ3v) is 2.95. The first-order valence-electron chi connectivity index (χ1n) is 6.73. The van der Waals surface area contributed by atoms with E-state index in [4.69, 9.17) is 0 Å². The molecule has 1 heterocycles. The highest BCUT2D eigenvalue weighted by Crippen LogP contribution is 2.10. The lowest BCUT2D eigenvalue weighted by atomic mass is 10.1. The van der Waals surface area contributed by atoms with Crippen LogP contribution in [0.2, 0.25) is 0 Å². The molecule has 0 aliphatic heterocycles. The maximum absolute atomic E-state index is 4.19. The number of aromatic nitrogens is 3. The van der Waals surface area contributed by atoms with Crippen molar-refractivity contribution < 1.29 is 0 Å². The SMILES string of the molecule is CCc1ccc(-n2cc(CNC(C)(C)C)nn2)cc1. The van der Waals surface area contributed by atoms with E-state index in [9.17, 15) is 0 Å². The quantitative estimate of drug-likeness (QED) is 0.917. The second-order valence-corrected chi connectivity index (χ2v) is 5.78. The molecule has 4 nitrogen and oxygen atoms in total. The summed E-state index contributed by atoms with van der Waals surface area (Å²) in [5.41, 5.74) is 3.42. The first-order valence-corrected chi connectivity index (χ1v) is 6.73. The highest BCUT2D eigenvalue weighted by molar-refractivity contribution is 5.33. The molecule has 2 rings (SSSR count). The molecule has 4 heteroatoms. The number of rotatable bonds is 4. The summed E-state index contributed by atoms with van der Waals surface area (Å²) in [6.45, 7) is 9.31. The van der Waals surface area contributed by atoms with Gasteiger partial charge in [0.25, 0.3) is 0 Å². The van der Waals surface area contributed by atoms with E-state index in [0.29, 0.717) is 0 Å². The molecule has 1 N–H and O–H groups in total. The van der Waals surface area contributed by atoms with Crippen molar-refractivity contribution in [3.05, 3.63) is 41.7 Å². The van der Waals surface area contributed by atoms with Crippen molar-refractivity contribution in [2.75, 3.05) is 0 Å². The van der Waals surface area contributed by atoms with Crippen LogP contribution in [0.1, 0.15) is 39.0 Å². The summed E-state index contributed by atoms with van der Waals surface area (Å²) >= 11 is 0. The largest absolute Gasteiger partial charge is 0.306 e. The molecule has 0 atom stereocenters. The normalized spacial score (nSPS) is 11.8. The Morgan fingerprint density at radius 1 is 1.16 bits per heavy atom. The summed E-state index contributed by atoms with van der Waals surface area (Å²) in [7, 11) is 0. The van der Waals surface area contributed by atoms with Gasteiger partial charge in [0.2, 0.25) is 0 Å². The number of benzene rings is 1. The average molecular weight is 258 g/mol. The Labute approximate surface area is 114 Å². The molecule has 0 saturated heterocycles. The predicted octanol–water partition coefficient (Wildman–Crippen LogP) is 2.72. The fourth-order valence-electron chi connectivity index (χ4n) is 1.75. The Balaban J connectivity index is 2.07. The van der Waals surface area contributed by atoms with Crippen LogP contribution in [0.15, 0.2) is 30.5 Å². The van der Waals surface area contributed by atoms with Gasteiger partial charge in [-0.15, -0.1) is 5.10 Å². The Kier molecular flexibility index (Phi) is 4.00. The van der Waals surface area contributed by atoms with E-state index in [1.807, 2.05) is 10.9 Å². The van der Waals surface area contributed by atoms with Gasteiger partial charge >= 0.3 is 0 Å². The van der Waals surface area contributed by atoms with E-state index < -0.39 is 0 Å². The van der Waals surface area contributed by atoms with Gasteiger partial charge in [-0.3, -0.25) is 0 Å². The zero-order valence-electron chi connectivity index (χ0n) is 12.1. The number of nitrogens with zero attached hydrogens (tertiary/aromatic N) is 3. The van der Waals surface area contributed by atoms with Crippen molar-refractivity contribution in [3.8, 4) is 5.69 Å². The summed E-state index contributed by atoms with van der Waals surface area (Å²) in [4.78, 5) is 0. The molecule has 0 spiro atoms.